The number of rotatable bonds is 9. The molecule has 2 amide bonds. The summed E-state index contributed by atoms with van der Waals surface area (Å²) in [6, 6.07) is 15.2. The summed E-state index contributed by atoms with van der Waals surface area (Å²) in [5, 5.41) is 16.1. The number of hydrogen-bond acceptors (Lipinski definition) is 5. The summed E-state index contributed by atoms with van der Waals surface area (Å²) in [6.07, 6.45) is 2.43. The number of benzene rings is 2. The van der Waals surface area contributed by atoms with Crippen molar-refractivity contribution >= 4 is 34.8 Å². The summed E-state index contributed by atoms with van der Waals surface area (Å²) in [7, 11) is 0. The van der Waals surface area contributed by atoms with Crippen LogP contribution in [0.3, 0.4) is 0 Å². The normalized spacial score (nSPS) is 20.7. The molecule has 0 bridgehead atoms. The van der Waals surface area contributed by atoms with E-state index in [0.717, 1.165) is 6.07 Å². The molecule has 0 spiro atoms. The number of carbonyl (C=O) groups is 2. The van der Waals surface area contributed by atoms with E-state index in [2.05, 4.69) is 10.6 Å². The van der Waals surface area contributed by atoms with Gasteiger partial charge in [-0.25, -0.2) is 4.39 Å². The molecule has 2 aromatic carbocycles. The number of halogens is 2. The van der Waals surface area contributed by atoms with E-state index in [1.54, 1.807) is 36.4 Å². The fraction of sp³-hybridized carbons (Fsp3) is 0.321. The highest BCUT2D eigenvalue weighted by Crippen LogP contribution is 2.43. The zero-order valence-corrected chi connectivity index (χ0v) is 21.6. The van der Waals surface area contributed by atoms with E-state index in [1.165, 1.54) is 29.0 Å². The van der Waals surface area contributed by atoms with Crippen molar-refractivity contribution in [3.05, 3.63) is 88.1 Å². The molecule has 1 heterocycles. The lowest BCUT2D eigenvalue weighted by atomic mass is 9.94. The molecule has 3 atom stereocenters. The molecule has 38 heavy (non-hydrogen) atoms. The van der Waals surface area contributed by atoms with Gasteiger partial charge >= 0.3 is 0 Å². The fourth-order valence-corrected chi connectivity index (χ4v) is 4.85. The van der Waals surface area contributed by atoms with Crippen LogP contribution in [0.25, 0.3) is 5.69 Å². The Morgan fingerprint density at radius 1 is 1.08 bits per heavy atom. The van der Waals surface area contributed by atoms with Gasteiger partial charge in [0.05, 0.1) is 35.4 Å². The number of hydrogen-bond donors (Lipinski definition) is 3. The summed E-state index contributed by atoms with van der Waals surface area (Å²) < 4.78 is 22.2. The number of anilines is 2. The SMILES string of the molecule is CCCOC1(CO)CC(C(=O)Nc2ccc(Cl)cc2)C(C(=O)Nc2ccc(-n3ccccc3=O)cc2F)C1. The van der Waals surface area contributed by atoms with Crippen molar-refractivity contribution < 1.29 is 23.8 Å². The molecule has 3 unspecified atom stereocenters. The van der Waals surface area contributed by atoms with Crippen LogP contribution in [-0.2, 0) is 14.3 Å². The number of aliphatic hydroxyl groups is 1. The van der Waals surface area contributed by atoms with Gasteiger partial charge in [-0.1, -0.05) is 24.6 Å². The van der Waals surface area contributed by atoms with Gasteiger partial charge in [-0.15, -0.1) is 0 Å². The molecule has 1 saturated carbocycles. The number of pyridine rings is 1. The molecular formula is C28H29ClFN3O5. The lowest BCUT2D eigenvalue weighted by molar-refractivity contribution is -0.128. The molecule has 10 heteroatoms. The Morgan fingerprint density at radius 3 is 2.37 bits per heavy atom. The molecule has 200 valence electrons. The minimum Gasteiger partial charge on any atom is -0.393 e. The van der Waals surface area contributed by atoms with E-state index < -0.39 is 35.1 Å². The zero-order chi connectivity index (χ0) is 27.3. The molecule has 4 rings (SSSR count). The quantitative estimate of drug-likeness (QED) is 0.372. The Morgan fingerprint density at radius 2 is 1.76 bits per heavy atom. The summed E-state index contributed by atoms with van der Waals surface area (Å²) in [6.45, 7) is 1.91. The summed E-state index contributed by atoms with van der Waals surface area (Å²) in [5.74, 6) is -3.44. The number of amides is 2. The van der Waals surface area contributed by atoms with Crippen LogP contribution in [0.1, 0.15) is 26.2 Å². The van der Waals surface area contributed by atoms with Crippen LogP contribution in [0.15, 0.2) is 71.7 Å². The second-order valence-corrected chi connectivity index (χ2v) is 9.81. The van der Waals surface area contributed by atoms with Crippen molar-refractivity contribution in [2.75, 3.05) is 23.8 Å². The van der Waals surface area contributed by atoms with Crippen molar-refractivity contribution in [3.63, 3.8) is 0 Å². The third-order valence-electron chi connectivity index (χ3n) is 6.67. The Balaban J connectivity index is 1.56. The third kappa shape index (κ3) is 6.12. The van der Waals surface area contributed by atoms with Crippen LogP contribution in [0.5, 0.6) is 0 Å². The number of aliphatic hydroxyl groups excluding tert-OH is 1. The van der Waals surface area contributed by atoms with E-state index in [4.69, 9.17) is 16.3 Å². The second-order valence-electron chi connectivity index (χ2n) is 9.37. The van der Waals surface area contributed by atoms with Crippen LogP contribution in [0.2, 0.25) is 5.02 Å². The van der Waals surface area contributed by atoms with Gasteiger partial charge in [0, 0.05) is 35.6 Å². The van der Waals surface area contributed by atoms with Gasteiger partial charge in [-0.05, 0) is 61.7 Å². The van der Waals surface area contributed by atoms with Crippen LogP contribution < -0.4 is 16.2 Å². The van der Waals surface area contributed by atoms with Gasteiger partial charge in [-0.2, -0.15) is 0 Å². The van der Waals surface area contributed by atoms with Gasteiger partial charge in [0.25, 0.3) is 5.56 Å². The number of ether oxygens (including phenoxy) is 1. The molecule has 0 saturated heterocycles. The molecule has 3 aromatic rings. The first-order valence-electron chi connectivity index (χ1n) is 12.3. The maximum atomic E-state index is 15.0. The van der Waals surface area contributed by atoms with Gasteiger partial charge < -0.3 is 20.5 Å². The predicted molar refractivity (Wildman–Crippen MR) is 143 cm³/mol. The highest BCUT2D eigenvalue weighted by atomic mass is 35.5. The van der Waals surface area contributed by atoms with Crippen LogP contribution in [0.4, 0.5) is 15.8 Å². The predicted octanol–water partition coefficient (Wildman–Crippen LogP) is 4.39. The summed E-state index contributed by atoms with van der Waals surface area (Å²) in [4.78, 5) is 38.7. The fourth-order valence-electron chi connectivity index (χ4n) is 4.72. The second kappa shape index (κ2) is 11.9. The highest BCUT2D eigenvalue weighted by Gasteiger charge is 2.51. The van der Waals surface area contributed by atoms with E-state index in [0.29, 0.717) is 29.4 Å². The van der Waals surface area contributed by atoms with E-state index in [9.17, 15) is 23.9 Å². The van der Waals surface area contributed by atoms with E-state index >= 15 is 0 Å². The van der Waals surface area contributed by atoms with Crippen LogP contribution in [-0.4, -0.2) is 40.3 Å². The maximum absolute atomic E-state index is 15.0. The minimum atomic E-state index is -1.07. The molecular weight excluding hydrogens is 513 g/mol. The minimum absolute atomic E-state index is 0.0874. The Labute approximate surface area is 224 Å². The Hall–Kier alpha value is -3.53. The van der Waals surface area contributed by atoms with Gasteiger partial charge in [0.15, 0.2) is 0 Å². The van der Waals surface area contributed by atoms with Crippen LogP contribution in [0, 0.1) is 17.7 Å². The van der Waals surface area contributed by atoms with Crippen molar-refractivity contribution in [1.29, 1.82) is 0 Å². The lowest BCUT2D eigenvalue weighted by Crippen LogP contribution is -2.35. The largest absolute Gasteiger partial charge is 0.393 e. The molecule has 1 aromatic heterocycles. The van der Waals surface area contributed by atoms with E-state index in [1.807, 2.05) is 6.92 Å². The maximum Gasteiger partial charge on any atom is 0.255 e. The first-order valence-corrected chi connectivity index (χ1v) is 12.7. The van der Waals surface area contributed by atoms with Crippen molar-refractivity contribution in [2.24, 2.45) is 11.8 Å². The zero-order valence-electron chi connectivity index (χ0n) is 20.8. The van der Waals surface area contributed by atoms with Crippen LogP contribution >= 0.6 is 11.6 Å². The third-order valence-corrected chi connectivity index (χ3v) is 6.92. The average molecular weight is 542 g/mol. The lowest BCUT2D eigenvalue weighted by Gasteiger charge is -2.27. The monoisotopic (exact) mass is 541 g/mol. The Bertz CT molecular complexity index is 1360. The Kier molecular flexibility index (Phi) is 8.61. The smallest absolute Gasteiger partial charge is 0.255 e. The van der Waals surface area contributed by atoms with Gasteiger partial charge in [-0.3, -0.25) is 19.0 Å². The molecule has 8 nitrogen and oxygen atoms in total. The number of aromatic nitrogens is 1. The summed E-state index contributed by atoms with van der Waals surface area (Å²) in [5.41, 5.74) is -0.671. The topological polar surface area (TPSA) is 110 Å². The first kappa shape index (κ1) is 27.5. The van der Waals surface area contributed by atoms with Crippen molar-refractivity contribution in [1.82, 2.24) is 4.57 Å². The van der Waals surface area contributed by atoms with Gasteiger partial charge in [0.2, 0.25) is 11.8 Å². The molecule has 1 aliphatic rings. The van der Waals surface area contributed by atoms with Gasteiger partial charge in [0.1, 0.15) is 5.82 Å². The average Bonchev–Trinajstić information content (AvgIpc) is 3.31. The van der Waals surface area contributed by atoms with Crippen molar-refractivity contribution in [2.45, 2.75) is 31.8 Å². The first-order chi connectivity index (χ1) is 18.2. The molecule has 1 aliphatic carbocycles. The number of nitrogens with zero attached hydrogens (tertiary/aromatic N) is 1. The summed E-state index contributed by atoms with van der Waals surface area (Å²) >= 11 is 5.93. The van der Waals surface area contributed by atoms with E-state index in [-0.39, 0.29) is 30.7 Å². The standard InChI is InChI=1S/C28H29ClFN3O5/c1-2-13-38-28(17-34)15-21(26(36)31-19-8-6-18(29)7-9-19)22(16-28)27(37)32-24-11-10-20(14-23(24)30)33-12-4-3-5-25(33)35/h3-12,14,21-22,34H,2,13,15-17H2,1H3,(H,31,36)(H,32,37). The van der Waals surface area contributed by atoms with Crippen molar-refractivity contribution in [3.8, 4) is 5.69 Å². The molecule has 0 aliphatic heterocycles. The number of nitrogens with one attached hydrogen (secondary N) is 2. The molecule has 1 fully saturated rings. The molecule has 3 N–H and O–H groups in total. The molecule has 0 radical (unpaired) electrons. The highest BCUT2D eigenvalue weighted by molar-refractivity contribution is 6.30. The number of carbonyl (C=O) groups excluding carboxylic acids is 2.